The molecule has 21 heavy (non-hydrogen) atoms. The Bertz CT molecular complexity index is 413. The van der Waals surface area contributed by atoms with Crippen LogP contribution in [0.3, 0.4) is 0 Å². The number of carbonyl (C=O) groups is 1. The SMILES string of the molecule is CC1(C)OC(C)(C)C(CN2CCC[C@H]3CCCC[C@H]32)C1=O. The van der Waals surface area contributed by atoms with Crippen molar-refractivity contribution in [2.75, 3.05) is 13.1 Å². The molecule has 1 saturated carbocycles. The zero-order valence-electron chi connectivity index (χ0n) is 14.2. The number of ether oxygens (including phenoxy) is 1. The first kappa shape index (κ1) is 15.5. The predicted octanol–water partition coefficient (Wildman–Crippen LogP) is 3.41. The van der Waals surface area contributed by atoms with Crippen LogP contribution in [0.5, 0.6) is 0 Å². The highest BCUT2D eigenvalue weighted by Gasteiger charge is 2.54. The molecule has 3 fully saturated rings. The van der Waals surface area contributed by atoms with Gasteiger partial charge in [0.05, 0.1) is 11.5 Å². The topological polar surface area (TPSA) is 29.5 Å². The lowest BCUT2D eigenvalue weighted by molar-refractivity contribution is -0.132. The van der Waals surface area contributed by atoms with Gasteiger partial charge in [-0.25, -0.2) is 0 Å². The summed E-state index contributed by atoms with van der Waals surface area (Å²) in [5.74, 6) is 1.19. The van der Waals surface area contributed by atoms with E-state index in [-0.39, 0.29) is 11.5 Å². The average Bonchev–Trinajstić information content (AvgIpc) is 2.57. The van der Waals surface area contributed by atoms with Crippen molar-refractivity contribution >= 4 is 5.78 Å². The first-order valence-electron chi connectivity index (χ1n) is 8.80. The van der Waals surface area contributed by atoms with Gasteiger partial charge in [-0.05, 0) is 65.8 Å². The van der Waals surface area contributed by atoms with Gasteiger partial charge in [0.1, 0.15) is 5.60 Å². The molecule has 2 saturated heterocycles. The number of rotatable bonds is 2. The van der Waals surface area contributed by atoms with Gasteiger partial charge in [0.15, 0.2) is 5.78 Å². The van der Waals surface area contributed by atoms with Crippen LogP contribution < -0.4 is 0 Å². The van der Waals surface area contributed by atoms with E-state index < -0.39 is 5.60 Å². The van der Waals surface area contributed by atoms with Gasteiger partial charge in [0.2, 0.25) is 0 Å². The van der Waals surface area contributed by atoms with Gasteiger partial charge < -0.3 is 4.74 Å². The third-order valence-corrected chi connectivity index (χ3v) is 6.04. The van der Waals surface area contributed by atoms with E-state index >= 15 is 0 Å². The summed E-state index contributed by atoms with van der Waals surface area (Å²) in [6.45, 7) is 10.1. The molecule has 3 atom stereocenters. The van der Waals surface area contributed by atoms with E-state index in [1.807, 2.05) is 13.8 Å². The quantitative estimate of drug-likeness (QED) is 0.781. The third kappa shape index (κ3) is 2.79. The third-order valence-electron chi connectivity index (χ3n) is 6.04. The highest BCUT2D eigenvalue weighted by atomic mass is 16.5. The second-order valence-electron chi connectivity index (χ2n) is 8.38. The molecule has 3 nitrogen and oxygen atoms in total. The van der Waals surface area contributed by atoms with Crippen molar-refractivity contribution in [3.63, 3.8) is 0 Å². The van der Waals surface area contributed by atoms with Crippen molar-refractivity contribution < 1.29 is 9.53 Å². The molecule has 1 aliphatic carbocycles. The van der Waals surface area contributed by atoms with Crippen LogP contribution in [0, 0.1) is 11.8 Å². The summed E-state index contributed by atoms with van der Waals surface area (Å²) in [6, 6.07) is 0.722. The summed E-state index contributed by atoms with van der Waals surface area (Å²) in [4.78, 5) is 15.4. The van der Waals surface area contributed by atoms with E-state index in [0.29, 0.717) is 5.78 Å². The molecule has 3 rings (SSSR count). The first-order chi connectivity index (χ1) is 9.81. The van der Waals surface area contributed by atoms with Gasteiger partial charge in [0.25, 0.3) is 0 Å². The number of hydrogen-bond acceptors (Lipinski definition) is 3. The summed E-state index contributed by atoms with van der Waals surface area (Å²) in [5.41, 5.74) is -0.946. The molecule has 2 aliphatic heterocycles. The predicted molar refractivity (Wildman–Crippen MR) is 84.3 cm³/mol. The minimum atomic E-state index is -0.615. The fourth-order valence-corrected chi connectivity index (χ4v) is 5.01. The largest absolute Gasteiger partial charge is 0.361 e. The second kappa shape index (κ2) is 5.34. The van der Waals surface area contributed by atoms with Crippen molar-refractivity contribution in [2.45, 2.75) is 83.5 Å². The van der Waals surface area contributed by atoms with Crippen molar-refractivity contribution in [1.82, 2.24) is 4.90 Å². The normalized spacial score (nSPS) is 39.2. The van der Waals surface area contributed by atoms with Crippen molar-refractivity contribution in [3.05, 3.63) is 0 Å². The second-order valence-corrected chi connectivity index (χ2v) is 8.38. The number of likely N-dealkylation sites (tertiary alicyclic amines) is 1. The van der Waals surface area contributed by atoms with Gasteiger partial charge >= 0.3 is 0 Å². The van der Waals surface area contributed by atoms with E-state index in [9.17, 15) is 4.79 Å². The Labute approximate surface area is 129 Å². The summed E-state index contributed by atoms with van der Waals surface area (Å²) in [5, 5.41) is 0. The molecule has 0 aromatic heterocycles. The Morgan fingerprint density at radius 1 is 1.10 bits per heavy atom. The average molecular weight is 293 g/mol. The Morgan fingerprint density at radius 3 is 2.43 bits per heavy atom. The van der Waals surface area contributed by atoms with Crippen LogP contribution in [0.15, 0.2) is 0 Å². The van der Waals surface area contributed by atoms with E-state index in [4.69, 9.17) is 4.74 Å². The number of ketones is 1. The Kier molecular flexibility index (Phi) is 3.94. The Hall–Kier alpha value is -0.410. The lowest BCUT2D eigenvalue weighted by Crippen LogP contribution is -2.51. The molecule has 1 unspecified atom stereocenters. The number of Topliss-reactive ketones (excluding diaryl/α,β-unsaturated/α-hetero) is 1. The van der Waals surface area contributed by atoms with Gasteiger partial charge in [-0.2, -0.15) is 0 Å². The van der Waals surface area contributed by atoms with E-state index in [2.05, 4.69) is 18.7 Å². The van der Waals surface area contributed by atoms with Crippen molar-refractivity contribution in [2.24, 2.45) is 11.8 Å². The van der Waals surface area contributed by atoms with E-state index in [0.717, 1.165) is 18.5 Å². The maximum absolute atomic E-state index is 12.7. The Balaban J connectivity index is 1.74. The van der Waals surface area contributed by atoms with Gasteiger partial charge in [-0.15, -0.1) is 0 Å². The minimum absolute atomic E-state index is 0.0215. The minimum Gasteiger partial charge on any atom is -0.361 e. The molecule has 0 aromatic carbocycles. The number of carbonyl (C=O) groups excluding carboxylic acids is 1. The zero-order chi connectivity index (χ0) is 15.3. The fraction of sp³-hybridized carbons (Fsp3) is 0.944. The molecule has 0 aromatic rings. The van der Waals surface area contributed by atoms with Crippen LogP contribution in [0.1, 0.15) is 66.2 Å². The molecule has 3 aliphatic rings. The van der Waals surface area contributed by atoms with Crippen LogP contribution in [0.2, 0.25) is 0 Å². The van der Waals surface area contributed by atoms with Crippen molar-refractivity contribution in [3.8, 4) is 0 Å². The van der Waals surface area contributed by atoms with Crippen LogP contribution in [-0.2, 0) is 9.53 Å². The number of piperidine rings is 1. The number of fused-ring (bicyclic) bond motifs is 1. The van der Waals surface area contributed by atoms with Crippen LogP contribution in [0.4, 0.5) is 0 Å². The summed E-state index contributed by atoms with van der Waals surface area (Å²) in [6.07, 6.45) is 8.18. The van der Waals surface area contributed by atoms with E-state index in [1.165, 1.54) is 45.1 Å². The van der Waals surface area contributed by atoms with Crippen LogP contribution >= 0.6 is 0 Å². The number of nitrogens with zero attached hydrogens (tertiary/aromatic N) is 1. The fourth-order valence-electron chi connectivity index (χ4n) is 5.01. The molecule has 3 heteroatoms. The summed E-state index contributed by atoms with van der Waals surface area (Å²) in [7, 11) is 0. The van der Waals surface area contributed by atoms with Crippen LogP contribution in [-0.4, -0.2) is 41.0 Å². The number of hydrogen-bond donors (Lipinski definition) is 0. The highest BCUT2D eigenvalue weighted by Crippen LogP contribution is 2.42. The zero-order valence-corrected chi connectivity index (χ0v) is 14.2. The molecule has 120 valence electrons. The lowest BCUT2D eigenvalue weighted by Gasteiger charge is -2.45. The lowest BCUT2D eigenvalue weighted by atomic mass is 9.77. The Morgan fingerprint density at radius 2 is 1.76 bits per heavy atom. The van der Waals surface area contributed by atoms with Gasteiger partial charge in [-0.1, -0.05) is 12.8 Å². The molecule has 0 spiro atoms. The van der Waals surface area contributed by atoms with Gasteiger partial charge in [0, 0.05) is 12.6 Å². The molecule has 2 heterocycles. The monoisotopic (exact) mass is 293 g/mol. The first-order valence-corrected chi connectivity index (χ1v) is 8.80. The summed E-state index contributed by atoms with van der Waals surface area (Å²) >= 11 is 0. The van der Waals surface area contributed by atoms with Crippen molar-refractivity contribution in [1.29, 1.82) is 0 Å². The molecular weight excluding hydrogens is 262 g/mol. The molecule has 0 bridgehead atoms. The molecular formula is C18H31NO2. The molecule has 0 radical (unpaired) electrons. The summed E-state index contributed by atoms with van der Waals surface area (Å²) < 4.78 is 6.06. The van der Waals surface area contributed by atoms with Crippen LogP contribution in [0.25, 0.3) is 0 Å². The maximum atomic E-state index is 12.7. The van der Waals surface area contributed by atoms with Gasteiger partial charge in [-0.3, -0.25) is 9.69 Å². The van der Waals surface area contributed by atoms with E-state index in [1.54, 1.807) is 0 Å². The smallest absolute Gasteiger partial charge is 0.171 e. The standard InChI is InChI=1S/C18H31NO2/c1-17(2)14(16(20)18(3,4)21-17)12-19-11-7-9-13-8-5-6-10-15(13)19/h13-15H,5-12H2,1-4H3/t13-,14?,15-/m1/s1. The highest BCUT2D eigenvalue weighted by molar-refractivity contribution is 5.91. The maximum Gasteiger partial charge on any atom is 0.171 e. The molecule has 0 amide bonds. The molecule has 0 N–H and O–H groups in total.